The van der Waals surface area contributed by atoms with Crippen LogP contribution in [0.3, 0.4) is 0 Å². The average molecular weight is 210 g/mol. The monoisotopic (exact) mass is 209 g/mol. The summed E-state index contributed by atoms with van der Waals surface area (Å²) in [6.45, 7) is 0.431. The van der Waals surface area contributed by atoms with Gasteiger partial charge in [0, 0.05) is 28.2 Å². The van der Waals surface area contributed by atoms with Gasteiger partial charge in [0.1, 0.15) is 0 Å². The highest BCUT2D eigenvalue weighted by Crippen LogP contribution is 2.21. The van der Waals surface area contributed by atoms with Gasteiger partial charge in [-0.25, -0.2) is 0 Å². The van der Waals surface area contributed by atoms with E-state index in [0.29, 0.717) is 6.54 Å². The van der Waals surface area contributed by atoms with Gasteiger partial charge in [0.2, 0.25) is 0 Å². The molecule has 0 radical (unpaired) electrons. The Bertz CT molecular complexity index is 450. The van der Waals surface area contributed by atoms with E-state index in [2.05, 4.69) is 4.98 Å². The Morgan fingerprint density at radius 2 is 2.14 bits per heavy atom. The lowest BCUT2D eigenvalue weighted by atomic mass is 10.2. The number of hydrogen-bond acceptors (Lipinski definition) is 2. The standard InChI is InChI=1S/C10H12ClN3/c11-7-1-2-9-6(3-7)4-10(14-9)8(13)5-12/h1-4,8,14H,5,12-13H2/t8-/m0/s1. The van der Waals surface area contributed by atoms with Crippen LogP contribution in [0.25, 0.3) is 10.9 Å². The van der Waals surface area contributed by atoms with E-state index in [4.69, 9.17) is 23.1 Å². The number of nitrogens with two attached hydrogens (primary N) is 2. The average Bonchev–Trinajstić information content (AvgIpc) is 2.59. The predicted molar refractivity (Wildman–Crippen MR) is 59.3 cm³/mol. The van der Waals surface area contributed by atoms with Crippen LogP contribution in [0.15, 0.2) is 24.3 Å². The Morgan fingerprint density at radius 3 is 2.86 bits per heavy atom. The number of aromatic amines is 1. The van der Waals surface area contributed by atoms with Crippen LogP contribution in [0.2, 0.25) is 5.02 Å². The SMILES string of the molecule is NC[C@H](N)c1cc2cc(Cl)ccc2[nH]1. The summed E-state index contributed by atoms with van der Waals surface area (Å²) in [7, 11) is 0. The molecule has 0 aliphatic carbocycles. The van der Waals surface area contributed by atoms with Crippen LogP contribution < -0.4 is 11.5 Å². The summed E-state index contributed by atoms with van der Waals surface area (Å²) < 4.78 is 0. The number of aromatic nitrogens is 1. The molecule has 0 bridgehead atoms. The quantitative estimate of drug-likeness (QED) is 0.706. The molecule has 1 aromatic carbocycles. The minimum atomic E-state index is -0.138. The van der Waals surface area contributed by atoms with Crippen molar-refractivity contribution in [2.75, 3.05) is 6.54 Å². The van der Waals surface area contributed by atoms with Crippen molar-refractivity contribution in [1.82, 2.24) is 4.98 Å². The molecule has 0 amide bonds. The molecule has 5 N–H and O–H groups in total. The number of rotatable bonds is 2. The molecule has 3 nitrogen and oxygen atoms in total. The molecule has 1 heterocycles. The maximum Gasteiger partial charge on any atom is 0.0572 e. The van der Waals surface area contributed by atoms with Crippen molar-refractivity contribution in [3.63, 3.8) is 0 Å². The Balaban J connectivity index is 2.51. The molecule has 4 heteroatoms. The lowest BCUT2D eigenvalue weighted by Gasteiger charge is -2.03. The first-order chi connectivity index (χ1) is 6.70. The van der Waals surface area contributed by atoms with Gasteiger partial charge in [-0.05, 0) is 24.3 Å². The van der Waals surface area contributed by atoms with E-state index in [0.717, 1.165) is 21.6 Å². The molecule has 2 aromatic rings. The first-order valence-electron chi connectivity index (χ1n) is 4.44. The molecule has 0 aliphatic heterocycles. The number of halogens is 1. The van der Waals surface area contributed by atoms with Gasteiger partial charge in [-0.3, -0.25) is 0 Å². The molecule has 0 spiro atoms. The second-order valence-corrected chi connectivity index (χ2v) is 3.73. The molecule has 0 fully saturated rings. The van der Waals surface area contributed by atoms with Crippen molar-refractivity contribution in [2.24, 2.45) is 11.5 Å². The predicted octanol–water partition coefficient (Wildman–Crippen LogP) is 1.78. The van der Waals surface area contributed by atoms with Crippen molar-refractivity contribution in [3.8, 4) is 0 Å². The topological polar surface area (TPSA) is 67.8 Å². The summed E-state index contributed by atoms with van der Waals surface area (Å²) in [5.74, 6) is 0. The van der Waals surface area contributed by atoms with E-state index in [1.165, 1.54) is 0 Å². The minimum absolute atomic E-state index is 0.138. The summed E-state index contributed by atoms with van der Waals surface area (Å²) in [5.41, 5.74) is 13.3. The molecule has 14 heavy (non-hydrogen) atoms. The van der Waals surface area contributed by atoms with Crippen molar-refractivity contribution >= 4 is 22.5 Å². The number of fused-ring (bicyclic) bond motifs is 1. The van der Waals surface area contributed by atoms with Gasteiger partial charge < -0.3 is 16.5 Å². The largest absolute Gasteiger partial charge is 0.357 e. The van der Waals surface area contributed by atoms with Crippen LogP contribution in [0.1, 0.15) is 11.7 Å². The number of nitrogens with one attached hydrogen (secondary N) is 1. The normalized spacial score (nSPS) is 13.4. The third-order valence-electron chi connectivity index (χ3n) is 2.26. The van der Waals surface area contributed by atoms with E-state index >= 15 is 0 Å². The highest BCUT2D eigenvalue weighted by atomic mass is 35.5. The van der Waals surface area contributed by atoms with E-state index in [-0.39, 0.29) is 6.04 Å². The van der Waals surface area contributed by atoms with Crippen LogP contribution in [0.5, 0.6) is 0 Å². The van der Waals surface area contributed by atoms with E-state index in [9.17, 15) is 0 Å². The molecule has 0 saturated carbocycles. The zero-order chi connectivity index (χ0) is 10.1. The van der Waals surface area contributed by atoms with E-state index < -0.39 is 0 Å². The van der Waals surface area contributed by atoms with Gasteiger partial charge >= 0.3 is 0 Å². The van der Waals surface area contributed by atoms with Crippen LogP contribution >= 0.6 is 11.6 Å². The Morgan fingerprint density at radius 1 is 1.36 bits per heavy atom. The second-order valence-electron chi connectivity index (χ2n) is 3.30. The van der Waals surface area contributed by atoms with Crippen LogP contribution in [0.4, 0.5) is 0 Å². The maximum absolute atomic E-state index is 5.87. The Kier molecular flexibility index (Phi) is 2.46. The summed E-state index contributed by atoms with van der Waals surface area (Å²) in [6, 6.07) is 7.53. The number of H-pyrrole nitrogens is 1. The van der Waals surface area contributed by atoms with Gasteiger partial charge in [0.15, 0.2) is 0 Å². The third-order valence-corrected chi connectivity index (χ3v) is 2.49. The lowest BCUT2D eigenvalue weighted by Crippen LogP contribution is -2.20. The van der Waals surface area contributed by atoms with Gasteiger partial charge in [-0.15, -0.1) is 0 Å². The summed E-state index contributed by atoms with van der Waals surface area (Å²) in [5, 5.41) is 1.79. The van der Waals surface area contributed by atoms with E-state index in [1.54, 1.807) is 0 Å². The fourth-order valence-corrected chi connectivity index (χ4v) is 1.63. The fraction of sp³-hybridized carbons (Fsp3) is 0.200. The van der Waals surface area contributed by atoms with Crippen LogP contribution in [-0.4, -0.2) is 11.5 Å². The van der Waals surface area contributed by atoms with Crippen molar-refractivity contribution in [2.45, 2.75) is 6.04 Å². The van der Waals surface area contributed by atoms with Gasteiger partial charge in [-0.2, -0.15) is 0 Å². The molecule has 1 aromatic heterocycles. The van der Waals surface area contributed by atoms with Crippen molar-refractivity contribution in [1.29, 1.82) is 0 Å². The smallest absolute Gasteiger partial charge is 0.0572 e. The molecular formula is C10H12ClN3. The first kappa shape index (κ1) is 9.52. The first-order valence-corrected chi connectivity index (χ1v) is 4.82. The molecule has 2 rings (SSSR count). The second kappa shape index (κ2) is 3.61. The molecule has 0 unspecified atom stereocenters. The zero-order valence-electron chi connectivity index (χ0n) is 7.63. The van der Waals surface area contributed by atoms with Gasteiger partial charge in [0.05, 0.1) is 6.04 Å². The molecule has 1 atom stereocenters. The summed E-state index contributed by atoms with van der Waals surface area (Å²) in [6.07, 6.45) is 0. The lowest BCUT2D eigenvalue weighted by molar-refractivity contribution is 0.718. The molecule has 74 valence electrons. The molecule has 0 saturated heterocycles. The zero-order valence-corrected chi connectivity index (χ0v) is 8.38. The Labute approximate surface area is 87.0 Å². The Hall–Kier alpha value is -1.03. The summed E-state index contributed by atoms with van der Waals surface area (Å²) in [4.78, 5) is 3.21. The summed E-state index contributed by atoms with van der Waals surface area (Å²) >= 11 is 5.87. The number of hydrogen-bond donors (Lipinski definition) is 3. The van der Waals surface area contributed by atoms with Gasteiger partial charge in [-0.1, -0.05) is 11.6 Å². The highest BCUT2D eigenvalue weighted by molar-refractivity contribution is 6.31. The van der Waals surface area contributed by atoms with Crippen LogP contribution in [-0.2, 0) is 0 Å². The number of benzene rings is 1. The highest BCUT2D eigenvalue weighted by Gasteiger charge is 2.07. The van der Waals surface area contributed by atoms with Crippen molar-refractivity contribution < 1.29 is 0 Å². The van der Waals surface area contributed by atoms with Gasteiger partial charge in [0.25, 0.3) is 0 Å². The van der Waals surface area contributed by atoms with Crippen LogP contribution in [0, 0.1) is 0 Å². The molecule has 0 aliphatic rings. The van der Waals surface area contributed by atoms with Crippen molar-refractivity contribution in [3.05, 3.63) is 35.0 Å². The molecular weight excluding hydrogens is 198 g/mol. The third kappa shape index (κ3) is 1.62. The van der Waals surface area contributed by atoms with E-state index in [1.807, 2.05) is 24.3 Å². The minimum Gasteiger partial charge on any atom is -0.357 e. The maximum atomic E-state index is 5.87. The fourth-order valence-electron chi connectivity index (χ4n) is 1.45.